The van der Waals surface area contributed by atoms with Gasteiger partial charge in [0.15, 0.2) is 0 Å². The Hall–Kier alpha value is -1.00. The summed E-state index contributed by atoms with van der Waals surface area (Å²) >= 11 is 2.04. The average molecular weight is 290 g/mol. The van der Waals surface area contributed by atoms with Crippen LogP contribution in [0.3, 0.4) is 0 Å². The smallest absolute Gasteiger partial charge is 0.238 e. The lowest BCUT2D eigenvalue weighted by molar-refractivity contribution is -0.128. The van der Waals surface area contributed by atoms with E-state index in [0.29, 0.717) is 12.5 Å². The second kappa shape index (κ2) is 6.19. The maximum absolute atomic E-state index is 12.2. The van der Waals surface area contributed by atoms with Gasteiger partial charge in [-0.2, -0.15) is 11.8 Å². The Morgan fingerprint density at radius 3 is 2.90 bits per heavy atom. The molecule has 108 valence electrons. The average Bonchev–Trinajstić information content (AvgIpc) is 2.82. The molecule has 0 aromatic heterocycles. The van der Waals surface area contributed by atoms with E-state index in [2.05, 4.69) is 41.4 Å². The first-order valence-electron chi connectivity index (χ1n) is 7.41. The van der Waals surface area contributed by atoms with Crippen molar-refractivity contribution in [3.05, 3.63) is 35.4 Å². The van der Waals surface area contributed by atoms with E-state index in [1.807, 2.05) is 11.8 Å². The predicted molar refractivity (Wildman–Crippen MR) is 83.7 cm³/mol. The molecule has 3 nitrogen and oxygen atoms in total. The van der Waals surface area contributed by atoms with Crippen LogP contribution >= 0.6 is 11.8 Å². The number of nitrogens with one attached hydrogen (secondary N) is 1. The summed E-state index contributed by atoms with van der Waals surface area (Å²) in [5.41, 5.74) is 2.46. The standard InChI is InChI=1S/C16H22N2OS/c1-12-3-2-4-14(9-12)16-17-10-15(19)18(16)11-13-5-7-20-8-6-13/h2-4,9,13,16-17H,5-8,10-11H2,1H3. The van der Waals surface area contributed by atoms with Gasteiger partial charge in [-0.25, -0.2) is 0 Å². The van der Waals surface area contributed by atoms with Crippen LogP contribution < -0.4 is 5.32 Å². The van der Waals surface area contributed by atoms with Crippen molar-refractivity contribution in [2.75, 3.05) is 24.6 Å². The van der Waals surface area contributed by atoms with Crippen molar-refractivity contribution in [3.63, 3.8) is 0 Å². The van der Waals surface area contributed by atoms with E-state index >= 15 is 0 Å². The van der Waals surface area contributed by atoms with Crippen molar-refractivity contribution in [2.24, 2.45) is 5.92 Å². The molecule has 2 heterocycles. The number of carbonyl (C=O) groups excluding carboxylic acids is 1. The van der Waals surface area contributed by atoms with Gasteiger partial charge in [-0.1, -0.05) is 29.8 Å². The summed E-state index contributed by atoms with van der Waals surface area (Å²) < 4.78 is 0. The Morgan fingerprint density at radius 2 is 2.15 bits per heavy atom. The molecule has 2 fully saturated rings. The zero-order chi connectivity index (χ0) is 13.9. The summed E-state index contributed by atoms with van der Waals surface area (Å²) in [5, 5.41) is 3.36. The molecular formula is C16H22N2OS. The van der Waals surface area contributed by atoms with Crippen LogP contribution in [0.5, 0.6) is 0 Å². The molecule has 1 aromatic carbocycles. The van der Waals surface area contributed by atoms with Crippen LogP contribution in [0.2, 0.25) is 0 Å². The van der Waals surface area contributed by atoms with Gasteiger partial charge in [-0.15, -0.1) is 0 Å². The number of thioether (sulfide) groups is 1. The largest absolute Gasteiger partial charge is 0.322 e. The van der Waals surface area contributed by atoms with Crippen molar-refractivity contribution in [1.82, 2.24) is 10.2 Å². The number of hydrogen-bond acceptors (Lipinski definition) is 3. The van der Waals surface area contributed by atoms with Crippen LogP contribution in [-0.2, 0) is 4.79 Å². The van der Waals surface area contributed by atoms with Crippen LogP contribution in [0.1, 0.15) is 30.1 Å². The van der Waals surface area contributed by atoms with E-state index in [-0.39, 0.29) is 12.1 Å². The van der Waals surface area contributed by atoms with Crippen molar-refractivity contribution in [1.29, 1.82) is 0 Å². The van der Waals surface area contributed by atoms with Gasteiger partial charge in [0.1, 0.15) is 6.17 Å². The number of rotatable bonds is 3. The minimum Gasteiger partial charge on any atom is -0.322 e. The summed E-state index contributed by atoms with van der Waals surface area (Å²) in [6, 6.07) is 8.47. The summed E-state index contributed by atoms with van der Waals surface area (Å²) in [7, 11) is 0. The Balaban J connectivity index is 1.74. The Labute approximate surface area is 125 Å². The van der Waals surface area contributed by atoms with Crippen molar-refractivity contribution in [2.45, 2.75) is 25.9 Å². The van der Waals surface area contributed by atoms with Gasteiger partial charge >= 0.3 is 0 Å². The Kier molecular flexibility index (Phi) is 4.32. The van der Waals surface area contributed by atoms with E-state index in [9.17, 15) is 4.79 Å². The minimum atomic E-state index is 0.0666. The molecule has 1 atom stereocenters. The number of amides is 1. The van der Waals surface area contributed by atoms with Gasteiger partial charge in [0.25, 0.3) is 0 Å². The van der Waals surface area contributed by atoms with Gasteiger partial charge in [0.2, 0.25) is 5.91 Å². The van der Waals surface area contributed by atoms with Crippen LogP contribution in [0.4, 0.5) is 0 Å². The second-order valence-corrected chi connectivity index (χ2v) is 7.02. The minimum absolute atomic E-state index is 0.0666. The van der Waals surface area contributed by atoms with Crippen LogP contribution in [-0.4, -0.2) is 35.4 Å². The highest BCUT2D eigenvalue weighted by Gasteiger charge is 2.33. The lowest BCUT2D eigenvalue weighted by Crippen LogP contribution is -2.35. The summed E-state index contributed by atoms with van der Waals surface area (Å²) in [5.74, 6) is 3.41. The molecule has 2 aliphatic heterocycles. The molecular weight excluding hydrogens is 268 g/mol. The van der Waals surface area contributed by atoms with E-state index in [1.165, 1.54) is 35.5 Å². The molecule has 1 N–H and O–H groups in total. The third kappa shape index (κ3) is 3.01. The molecule has 0 aliphatic carbocycles. The van der Waals surface area contributed by atoms with Gasteiger partial charge in [0, 0.05) is 6.54 Å². The molecule has 0 bridgehead atoms. The lowest BCUT2D eigenvalue weighted by Gasteiger charge is -2.30. The van der Waals surface area contributed by atoms with Crippen molar-refractivity contribution < 1.29 is 4.79 Å². The third-order valence-electron chi connectivity index (χ3n) is 4.23. The normalized spacial score (nSPS) is 24.4. The number of carbonyl (C=O) groups is 1. The molecule has 20 heavy (non-hydrogen) atoms. The first kappa shape index (κ1) is 14.0. The fourth-order valence-corrected chi connectivity index (χ4v) is 4.30. The molecule has 2 aliphatic rings. The number of benzene rings is 1. The summed E-state index contributed by atoms with van der Waals surface area (Å²) in [6.45, 7) is 3.48. The first-order chi connectivity index (χ1) is 9.74. The van der Waals surface area contributed by atoms with Gasteiger partial charge in [-0.3, -0.25) is 10.1 Å². The SMILES string of the molecule is Cc1cccc(C2NCC(=O)N2CC2CCSCC2)c1. The molecule has 1 unspecified atom stereocenters. The highest BCUT2D eigenvalue weighted by molar-refractivity contribution is 7.99. The fourth-order valence-electron chi connectivity index (χ4n) is 3.09. The molecule has 1 amide bonds. The Morgan fingerprint density at radius 1 is 1.35 bits per heavy atom. The maximum atomic E-state index is 12.2. The summed E-state index contributed by atoms with van der Waals surface area (Å²) in [6.07, 6.45) is 2.56. The first-order valence-corrected chi connectivity index (χ1v) is 8.56. The topological polar surface area (TPSA) is 32.3 Å². The van der Waals surface area contributed by atoms with Crippen LogP contribution in [0, 0.1) is 12.8 Å². The number of aryl methyl sites for hydroxylation is 1. The van der Waals surface area contributed by atoms with Crippen molar-refractivity contribution in [3.8, 4) is 0 Å². The monoisotopic (exact) mass is 290 g/mol. The van der Waals surface area contributed by atoms with Crippen LogP contribution in [0.15, 0.2) is 24.3 Å². The van der Waals surface area contributed by atoms with E-state index in [1.54, 1.807) is 0 Å². The number of hydrogen-bond donors (Lipinski definition) is 1. The molecule has 0 saturated carbocycles. The van der Waals surface area contributed by atoms with Gasteiger partial charge < -0.3 is 4.90 Å². The quantitative estimate of drug-likeness (QED) is 0.928. The highest BCUT2D eigenvalue weighted by atomic mass is 32.2. The number of nitrogens with zero attached hydrogens (tertiary/aromatic N) is 1. The van der Waals surface area contributed by atoms with E-state index < -0.39 is 0 Å². The molecule has 0 spiro atoms. The van der Waals surface area contributed by atoms with E-state index in [4.69, 9.17) is 0 Å². The molecule has 1 aromatic rings. The fraction of sp³-hybridized carbons (Fsp3) is 0.562. The summed E-state index contributed by atoms with van der Waals surface area (Å²) in [4.78, 5) is 14.2. The zero-order valence-electron chi connectivity index (χ0n) is 12.0. The van der Waals surface area contributed by atoms with Crippen molar-refractivity contribution >= 4 is 17.7 Å². The van der Waals surface area contributed by atoms with Crippen LogP contribution in [0.25, 0.3) is 0 Å². The lowest BCUT2D eigenvalue weighted by atomic mass is 10.0. The molecule has 0 radical (unpaired) electrons. The molecule has 2 saturated heterocycles. The van der Waals surface area contributed by atoms with Gasteiger partial charge in [0.05, 0.1) is 6.54 Å². The van der Waals surface area contributed by atoms with Gasteiger partial charge in [-0.05, 0) is 42.8 Å². The van der Waals surface area contributed by atoms with E-state index in [0.717, 1.165) is 6.54 Å². The molecule has 3 rings (SSSR count). The maximum Gasteiger partial charge on any atom is 0.238 e. The second-order valence-electron chi connectivity index (χ2n) is 5.80. The zero-order valence-corrected chi connectivity index (χ0v) is 12.8. The predicted octanol–water partition coefficient (Wildman–Crippen LogP) is 2.57. The third-order valence-corrected chi connectivity index (χ3v) is 5.28. The highest BCUT2D eigenvalue weighted by Crippen LogP contribution is 2.29. The molecule has 4 heteroatoms. The Bertz CT molecular complexity index is 485.